The van der Waals surface area contributed by atoms with Gasteiger partial charge < -0.3 is 14.8 Å². The van der Waals surface area contributed by atoms with Crippen LogP contribution in [0.25, 0.3) is 10.8 Å². The van der Waals surface area contributed by atoms with Crippen molar-refractivity contribution in [2.24, 2.45) is 0 Å². The van der Waals surface area contributed by atoms with Crippen LogP contribution in [0.5, 0.6) is 0 Å². The van der Waals surface area contributed by atoms with E-state index >= 15 is 0 Å². The Morgan fingerprint density at radius 3 is 2.43 bits per heavy atom. The molecule has 0 saturated carbocycles. The van der Waals surface area contributed by atoms with Crippen LogP contribution >= 0.6 is 0 Å². The molecule has 0 unspecified atom stereocenters. The fourth-order valence-electron chi connectivity index (χ4n) is 2.10. The molecule has 0 aromatic heterocycles. The van der Waals surface area contributed by atoms with Crippen molar-refractivity contribution in [1.82, 2.24) is 0 Å². The quantitative estimate of drug-likeness (QED) is 0.832. The number of fused-ring (bicyclic) bond motifs is 1. The Hall–Kier alpha value is -2.69. The Morgan fingerprint density at radius 2 is 1.74 bits per heavy atom. The van der Waals surface area contributed by atoms with Crippen molar-refractivity contribution in [2.45, 2.75) is 32.8 Å². The fraction of sp³-hybridized carbons (Fsp3) is 0.278. The average molecular weight is 313 g/mol. The Kier molecular flexibility index (Phi) is 5.46. The van der Waals surface area contributed by atoms with Gasteiger partial charge in [0.1, 0.15) is 5.78 Å². The topological polar surface area (TPSA) is 72.5 Å². The first-order valence-electron chi connectivity index (χ1n) is 7.44. The van der Waals surface area contributed by atoms with Crippen LogP contribution in [0.1, 0.15) is 26.7 Å². The zero-order chi connectivity index (χ0) is 16.8. The van der Waals surface area contributed by atoms with E-state index in [0.717, 1.165) is 10.8 Å². The molecule has 2 rings (SSSR count). The molecule has 1 amide bonds. The maximum absolute atomic E-state index is 12.1. The molecule has 0 heterocycles. The van der Waals surface area contributed by atoms with E-state index in [0.29, 0.717) is 5.69 Å². The number of Topliss-reactive ketones (excluding diaryl/α,β-unsaturated/α-hetero) is 1. The molecule has 5 nitrogen and oxygen atoms in total. The summed E-state index contributed by atoms with van der Waals surface area (Å²) in [7, 11) is 0. The first-order valence-corrected chi connectivity index (χ1v) is 7.44. The summed E-state index contributed by atoms with van der Waals surface area (Å²) in [5.41, 5.74) is 0.639. The maximum atomic E-state index is 12.1. The zero-order valence-corrected chi connectivity index (χ0v) is 13.2. The standard InChI is InChI=1S/C18H19NO4/c1-12(20)7-10-17(21)23-13(2)18(22)19-16-9-8-14-5-3-4-6-15(14)11-16/h3-6,8-9,11,13H,7,10H2,1-2H3,(H,19,22)/t13-/m1/s1. The molecule has 5 heteroatoms. The minimum absolute atomic E-state index is 0.0110. The van der Waals surface area contributed by atoms with Gasteiger partial charge in [-0.2, -0.15) is 0 Å². The number of anilines is 1. The van der Waals surface area contributed by atoms with Gasteiger partial charge >= 0.3 is 5.97 Å². The van der Waals surface area contributed by atoms with Crippen LogP contribution in [0.2, 0.25) is 0 Å². The van der Waals surface area contributed by atoms with Gasteiger partial charge in [-0.15, -0.1) is 0 Å². The molecule has 0 fully saturated rings. The molecule has 2 aromatic rings. The van der Waals surface area contributed by atoms with E-state index in [1.807, 2.05) is 36.4 Å². The molecular weight excluding hydrogens is 294 g/mol. The molecule has 0 aliphatic carbocycles. The minimum Gasteiger partial charge on any atom is -0.453 e. The number of ether oxygens (including phenoxy) is 1. The largest absolute Gasteiger partial charge is 0.453 e. The number of carbonyl (C=O) groups excluding carboxylic acids is 3. The van der Waals surface area contributed by atoms with Crippen molar-refractivity contribution < 1.29 is 19.1 Å². The number of carbonyl (C=O) groups is 3. The van der Waals surface area contributed by atoms with Gasteiger partial charge in [-0.1, -0.05) is 30.3 Å². The third-order valence-corrected chi connectivity index (χ3v) is 3.38. The van der Waals surface area contributed by atoms with Crippen molar-refractivity contribution in [3.05, 3.63) is 42.5 Å². The Morgan fingerprint density at radius 1 is 1.04 bits per heavy atom. The molecule has 23 heavy (non-hydrogen) atoms. The molecule has 0 aliphatic heterocycles. The third kappa shape index (κ3) is 4.92. The molecule has 0 saturated heterocycles. The zero-order valence-electron chi connectivity index (χ0n) is 13.2. The highest BCUT2D eigenvalue weighted by molar-refractivity contribution is 5.97. The van der Waals surface area contributed by atoms with E-state index in [9.17, 15) is 14.4 Å². The highest BCUT2D eigenvalue weighted by Gasteiger charge is 2.18. The number of hydrogen-bond acceptors (Lipinski definition) is 4. The van der Waals surface area contributed by atoms with Crippen molar-refractivity contribution in [3.8, 4) is 0 Å². The second kappa shape index (κ2) is 7.54. The summed E-state index contributed by atoms with van der Waals surface area (Å²) in [6.07, 6.45) is -0.804. The highest BCUT2D eigenvalue weighted by Crippen LogP contribution is 2.19. The average Bonchev–Trinajstić information content (AvgIpc) is 2.52. The highest BCUT2D eigenvalue weighted by atomic mass is 16.5. The number of nitrogens with one attached hydrogen (secondary N) is 1. The van der Waals surface area contributed by atoms with Crippen LogP contribution in [0.15, 0.2) is 42.5 Å². The minimum atomic E-state index is -0.916. The van der Waals surface area contributed by atoms with Crippen LogP contribution in [0.3, 0.4) is 0 Å². The van der Waals surface area contributed by atoms with Gasteiger partial charge in [-0.3, -0.25) is 9.59 Å². The molecule has 1 N–H and O–H groups in total. The summed E-state index contributed by atoms with van der Waals surface area (Å²) in [5, 5.41) is 4.81. The number of amides is 1. The van der Waals surface area contributed by atoms with E-state index in [1.165, 1.54) is 13.8 Å². The molecular formula is C18H19NO4. The molecule has 2 aromatic carbocycles. The van der Waals surface area contributed by atoms with E-state index < -0.39 is 18.0 Å². The smallest absolute Gasteiger partial charge is 0.307 e. The summed E-state index contributed by atoms with van der Waals surface area (Å²) >= 11 is 0. The predicted molar refractivity (Wildman–Crippen MR) is 88.0 cm³/mol. The lowest BCUT2D eigenvalue weighted by atomic mass is 10.1. The Labute approximate surface area is 134 Å². The Bertz CT molecular complexity index is 739. The fourth-order valence-corrected chi connectivity index (χ4v) is 2.10. The number of esters is 1. The number of benzene rings is 2. The van der Waals surface area contributed by atoms with Crippen molar-refractivity contribution >= 4 is 34.1 Å². The monoisotopic (exact) mass is 313 g/mol. The number of hydrogen-bond donors (Lipinski definition) is 1. The van der Waals surface area contributed by atoms with Crippen LogP contribution < -0.4 is 5.32 Å². The van der Waals surface area contributed by atoms with E-state index in [4.69, 9.17) is 4.74 Å². The Balaban J connectivity index is 1.94. The van der Waals surface area contributed by atoms with Crippen LogP contribution in [-0.2, 0) is 19.1 Å². The van der Waals surface area contributed by atoms with E-state index in [2.05, 4.69) is 5.32 Å². The normalized spacial score (nSPS) is 11.7. The molecule has 120 valence electrons. The third-order valence-electron chi connectivity index (χ3n) is 3.38. The summed E-state index contributed by atoms with van der Waals surface area (Å²) < 4.78 is 5.02. The summed E-state index contributed by atoms with van der Waals surface area (Å²) in [5.74, 6) is -1.05. The first kappa shape index (κ1) is 16.7. The second-order valence-electron chi connectivity index (χ2n) is 5.39. The van der Waals surface area contributed by atoms with Gasteiger partial charge in [0.2, 0.25) is 0 Å². The van der Waals surface area contributed by atoms with Gasteiger partial charge in [0, 0.05) is 12.1 Å². The van der Waals surface area contributed by atoms with Gasteiger partial charge in [0.05, 0.1) is 6.42 Å². The molecule has 0 spiro atoms. The molecule has 0 radical (unpaired) electrons. The summed E-state index contributed by atoms with van der Waals surface area (Å²) in [6.45, 7) is 2.91. The van der Waals surface area contributed by atoms with Crippen molar-refractivity contribution in [1.29, 1.82) is 0 Å². The van der Waals surface area contributed by atoms with Gasteiger partial charge in [-0.25, -0.2) is 0 Å². The molecule has 0 bridgehead atoms. The second-order valence-corrected chi connectivity index (χ2v) is 5.39. The van der Waals surface area contributed by atoms with Crippen LogP contribution in [-0.4, -0.2) is 23.8 Å². The lowest BCUT2D eigenvalue weighted by molar-refractivity contribution is -0.153. The first-order chi connectivity index (χ1) is 11.0. The van der Waals surface area contributed by atoms with Crippen molar-refractivity contribution in [2.75, 3.05) is 5.32 Å². The van der Waals surface area contributed by atoms with Crippen LogP contribution in [0, 0.1) is 0 Å². The number of rotatable bonds is 6. The SMILES string of the molecule is CC(=O)CCC(=O)O[C@H](C)C(=O)Nc1ccc2ccccc2c1. The molecule has 0 aliphatic rings. The predicted octanol–water partition coefficient (Wildman–Crippen LogP) is 3.08. The van der Waals surface area contributed by atoms with E-state index in [-0.39, 0.29) is 18.6 Å². The number of ketones is 1. The van der Waals surface area contributed by atoms with E-state index in [1.54, 1.807) is 6.07 Å². The van der Waals surface area contributed by atoms with Crippen molar-refractivity contribution in [3.63, 3.8) is 0 Å². The van der Waals surface area contributed by atoms with Gasteiger partial charge in [0.15, 0.2) is 6.10 Å². The summed E-state index contributed by atoms with van der Waals surface area (Å²) in [4.78, 5) is 34.4. The lowest BCUT2D eigenvalue weighted by Crippen LogP contribution is -2.30. The lowest BCUT2D eigenvalue weighted by Gasteiger charge is -2.13. The maximum Gasteiger partial charge on any atom is 0.307 e. The summed E-state index contributed by atoms with van der Waals surface area (Å²) in [6, 6.07) is 13.4. The van der Waals surface area contributed by atoms with Crippen LogP contribution in [0.4, 0.5) is 5.69 Å². The molecule has 1 atom stereocenters. The van der Waals surface area contributed by atoms with Gasteiger partial charge in [-0.05, 0) is 36.8 Å². The van der Waals surface area contributed by atoms with Gasteiger partial charge in [0.25, 0.3) is 5.91 Å².